The molecule has 0 aliphatic heterocycles. The molecule has 0 spiro atoms. The molecule has 0 saturated carbocycles. The van der Waals surface area contributed by atoms with Crippen molar-refractivity contribution in [2.45, 2.75) is 9.79 Å². The highest BCUT2D eigenvalue weighted by Gasteiger charge is 2.30. The van der Waals surface area contributed by atoms with Crippen LogP contribution >= 0.6 is 22.2 Å². The second kappa shape index (κ2) is 7.67. The molecule has 0 nitrogen and oxygen atoms in total. The van der Waals surface area contributed by atoms with E-state index in [9.17, 15) is 0 Å². The molecule has 0 N–H and O–H groups in total. The molecule has 4 aromatic carbocycles. The van der Waals surface area contributed by atoms with Crippen LogP contribution in [-0.4, -0.2) is 0 Å². The summed E-state index contributed by atoms with van der Waals surface area (Å²) >= 11 is 1.88. The van der Waals surface area contributed by atoms with Crippen molar-refractivity contribution in [3.8, 4) is 15.3 Å². The summed E-state index contributed by atoms with van der Waals surface area (Å²) in [7, 11) is -0.0993. The molecule has 0 saturated heterocycles. The van der Waals surface area contributed by atoms with Gasteiger partial charge in [-0.05, 0) is 48.5 Å². The van der Waals surface area contributed by atoms with Gasteiger partial charge < -0.3 is 0 Å². The first kappa shape index (κ1) is 17.3. The summed E-state index contributed by atoms with van der Waals surface area (Å²) in [5, 5.41) is 1.36. The van der Waals surface area contributed by atoms with Gasteiger partial charge in [-0.2, -0.15) is 0 Å². The maximum Gasteiger partial charge on any atom is 0.201 e. The average Bonchev–Trinajstić information content (AvgIpc) is 3.10. The Kier molecular flexibility index (Phi) is 4.74. The number of hydrogen-bond donors (Lipinski definition) is 0. The summed E-state index contributed by atoms with van der Waals surface area (Å²) in [4.78, 5) is 5.46. The number of benzene rings is 4. The van der Waals surface area contributed by atoms with Crippen molar-refractivity contribution in [1.82, 2.24) is 0 Å². The van der Waals surface area contributed by atoms with E-state index >= 15 is 0 Å². The summed E-state index contributed by atoms with van der Waals surface area (Å²) < 4.78 is 1.42. The third kappa shape index (κ3) is 3.15. The average molecular weight is 396 g/mol. The van der Waals surface area contributed by atoms with Crippen LogP contribution in [0, 0.1) is 0 Å². The maximum absolute atomic E-state index is 2.30. The van der Waals surface area contributed by atoms with Crippen LogP contribution < -0.4 is 0 Å². The zero-order chi connectivity index (χ0) is 18.8. The van der Waals surface area contributed by atoms with Gasteiger partial charge in [-0.1, -0.05) is 78.5 Å². The van der Waals surface area contributed by atoms with E-state index in [0.29, 0.717) is 0 Å². The lowest BCUT2D eigenvalue weighted by molar-refractivity contribution is 1.45. The lowest BCUT2D eigenvalue weighted by Crippen LogP contribution is -1.79. The molecule has 0 aliphatic carbocycles. The fourth-order valence-corrected chi connectivity index (χ4v) is 7.38. The van der Waals surface area contributed by atoms with Gasteiger partial charge in [-0.15, -0.1) is 0 Å². The first-order chi connectivity index (χ1) is 13.9. The predicted molar refractivity (Wildman–Crippen MR) is 124 cm³/mol. The third-order valence-electron chi connectivity index (χ3n) is 4.74. The lowest BCUT2D eigenvalue weighted by Gasteiger charge is -2.03. The van der Waals surface area contributed by atoms with Crippen molar-refractivity contribution < 1.29 is 0 Å². The van der Waals surface area contributed by atoms with Gasteiger partial charge >= 0.3 is 0 Å². The normalized spacial score (nSPS) is 11.6. The van der Waals surface area contributed by atoms with Gasteiger partial charge in [0, 0.05) is 20.9 Å². The van der Waals surface area contributed by atoms with Crippen molar-refractivity contribution >= 4 is 32.3 Å². The van der Waals surface area contributed by atoms with Gasteiger partial charge in [0.2, 0.25) is 4.88 Å². The molecule has 1 atom stereocenters. The fourth-order valence-electron chi connectivity index (χ4n) is 3.50. The van der Waals surface area contributed by atoms with E-state index in [-0.39, 0.29) is 10.5 Å². The minimum atomic E-state index is -0.0993. The Bertz CT molecular complexity index is 1210. The molecule has 0 bridgehead atoms. The summed E-state index contributed by atoms with van der Waals surface area (Å²) in [5.41, 5.74) is 1.31. The lowest BCUT2D eigenvalue weighted by atomic mass is 10.1. The summed E-state index contributed by atoms with van der Waals surface area (Å²) in [6, 6.07) is 41.4. The van der Waals surface area contributed by atoms with Gasteiger partial charge in [0.25, 0.3) is 0 Å². The molecule has 28 heavy (non-hydrogen) atoms. The molecule has 5 rings (SSSR count). The van der Waals surface area contributed by atoms with Crippen LogP contribution in [0.15, 0.2) is 125 Å². The molecule has 1 heterocycles. The fraction of sp³-hybridized carbons (Fsp3) is 0. The van der Waals surface area contributed by atoms with Crippen molar-refractivity contribution in [1.29, 1.82) is 0 Å². The first-order valence-corrected chi connectivity index (χ1v) is 11.4. The highest BCUT2D eigenvalue weighted by Crippen LogP contribution is 2.55. The largest absolute Gasteiger partial charge is 0.201 e. The summed E-state index contributed by atoms with van der Waals surface area (Å²) in [6.45, 7) is 0. The number of hydrogen-bond acceptors (Lipinski definition) is 1. The number of thiophene rings is 1. The quantitative estimate of drug-likeness (QED) is 0.275. The zero-order valence-electron chi connectivity index (χ0n) is 15.3. The van der Waals surface area contributed by atoms with Crippen LogP contribution in [0.4, 0.5) is 0 Å². The van der Waals surface area contributed by atoms with Crippen LogP contribution in [0.25, 0.3) is 25.4 Å². The van der Waals surface area contributed by atoms with Crippen LogP contribution in [-0.2, 0) is 0 Å². The Morgan fingerprint density at radius 3 is 1.82 bits per heavy atom. The molecule has 1 aromatic heterocycles. The SMILES string of the molecule is c1ccc(Sc2c(-c3ccccc3)[s+](-c3ccccc3)c3ccccc23)cc1. The zero-order valence-corrected chi connectivity index (χ0v) is 16.9. The molecule has 134 valence electrons. The molecule has 0 amide bonds. The monoisotopic (exact) mass is 395 g/mol. The minimum Gasteiger partial charge on any atom is -0.0835 e. The van der Waals surface area contributed by atoms with E-state index in [0.717, 1.165) is 0 Å². The predicted octanol–water partition coefficient (Wildman–Crippen LogP) is 8.40. The Hall–Kier alpha value is -2.81. The van der Waals surface area contributed by atoms with Crippen molar-refractivity contribution in [2.75, 3.05) is 0 Å². The van der Waals surface area contributed by atoms with Gasteiger partial charge in [0.15, 0.2) is 9.60 Å². The smallest absolute Gasteiger partial charge is 0.0835 e. The highest BCUT2D eigenvalue weighted by molar-refractivity contribution is 8.00. The Morgan fingerprint density at radius 2 is 1.11 bits per heavy atom. The van der Waals surface area contributed by atoms with Gasteiger partial charge in [-0.3, -0.25) is 0 Å². The van der Waals surface area contributed by atoms with E-state index in [1.54, 1.807) is 0 Å². The van der Waals surface area contributed by atoms with E-state index in [4.69, 9.17) is 0 Å². The van der Waals surface area contributed by atoms with Gasteiger partial charge in [0.1, 0.15) is 0 Å². The maximum atomic E-state index is 2.30. The van der Waals surface area contributed by atoms with E-state index < -0.39 is 0 Å². The second-order valence-corrected chi connectivity index (χ2v) is 9.57. The molecule has 5 aromatic rings. The van der Waals surface area contributed by atoms with Crippen molar-refractivity contribution in [2.24, 2.45) is 0 Å². The standard InChI is InChI=1S/C26H19S2/c1-4-12-20(13-5-1)26-25(27-21-14-6-2-7-15-21)23-18-10-11-19-24(23)28(26)22-16-8-3-9-17-22/h1-19H/q+1. The van der Waals surface area contributed by atoms with Crippen molar-refractivity contribution in [3.63, 3.8) is 0 Å². The van der Waals surface area contributed by atoms with Crippen molar-refractivity contribution in [3.05, 3.63) is 115 Å². The number of fused-ring (bicyclic) bond motifs is 1. The molecule has 0 aliphatic rings. The second-order valence-electron chi connectivity index (χ2n) is 6.55. The third-order valence-corrected chi connectivity index (χ3v) is 8.39. The Morgan fingerprint density at radius 1 is 0.536 bits per heavy atom. The van der Waals surface area contributed by atoms with E-state index in [2.05, 4.69) is 115 Å². The molecule has 0 fully saturated rings. The van der Waals surface area contributed by atoms with Crippen LogP contribution in [0.5, 0.6) is 0 Å². The topological polar surface area (TPSA) is 0 Å². The van der Waals surface area contributed by atoms with Crippen LogP contribution in [0.2, 0.25) is 0 Å². The van der Waals surface area contributed by atoms with E-state index in [1.165, 1.54) is 35.2 Å². The Balaban J connectivity index is 1.85. The first-order valence-electron chi connectivity index (χ1n) is 9.33. The number of rotatable bonds is 4. The van der Waals surface area contributed by atoms with Crippen LogP contribution in [0.3, 0.4) is 0 Å². The molecule has 1 unspecified atom stereocenters. The summed E-state index contributed by atoms with van der Waals surface area (Å²) in [6.07, 6.45) is 0. The van der Waals surface area contributed by atoms with E-state index in [1.807, 2.05) is 11.8 Å². The molecule has 0 radical (unpaired) electrons. The Labute approximate surface area is 172 Å². The molecular weight excluding hydrogens is 376 g/mol. The van der Waals surface area contributed by atoms with Crippen LogP contribution in [0.1, 0.15) is 0 Å². The molecular formula is C26H19S2+. The summed E-state index contributed by atoms with van der Waals surface area (Å²) in [5.74, 6) is 0. The van der Waals surface area contributed by atoms with Gasteiger partial charge in [-0.25, -0.2) is 0 Å². The molecule has 2 heteroatoms. The minimum absolute atomic E-state index is 0.0993. The highest BCUT2D eigenvalue weighted by atomic mass is 32.2. The van der Waals surface area contributed by atoms with Gasteiger partial charge in [0.05, 0.1) is 10.3 Å².